The number of amides is 1. The summed E-state index contributed by atoms with van der Waals surface area (Å²) in [5.74, 6) is -0.234. The van der Waals surface area contributed by atoms with Gasteiger partial charge in [-0.05, 0) is 34.0 Å². The molecule has 0 unspecified atom stereocenters. The third kappa shape index (κ3) is 3.78. The molecule has 5 nitrogen and oxygen atoms in total. The summed E-state index contributed by atoms with van der Waals surface area (Å²) in [5.41, 5.74) is 1.43. The lowest BCUT2D eigenvalue weighted by Gasteiger charge is -2.05. The Kier molecular flexibility index (Phi) is 4.55. The summed E-state index contributed by atoms with van der Waals surface area (Å²) < 4.78 is 2.45. The Morgan fingerprint density at radius 1 is 1.53 bits per heavy atom. The molecular formula is C12H12BrClN4O. The molecule has 0 saturated heterocycles. The molecule has 2 aromatic heterocycles. The summed E-state index contributed by atoms with van der Waals surface area (Å²) in [6.45, 7) is 0.521. The smallest absolute Gasteiger partial charge is 0.254 e. The van der Waals surface area contributed by atoms with Gasteiger partial charge in [-0.15, -0.1) is 0 Å². The van der Waals surface area contributed by atoms with E-state index in [-0.39, 0.29) is 11.1 Å². The summed E-state index contributed by atoms with van der Waals surface area (Å²) >= 11 is 9.14. The van der Waals surface area contributed by atoms with Crippen molar-refractivity contribution < 1.29 is 4.79 Å². The van der Waals surface area contributed by atoms with Crippen LogP contribution in [-0.2, 0) is 13.5 Å². The van der Waals surface area contributed by atoms with E-state index in [9.17, 15) is 4.79 Å². The van der Waals surface area contributed by atoms with Gasteiger partial charge < -0.3 is 5.32 Å². The van der Waals surface area contributed by atoms with E-state index >= 15 is 0 Å². The Labute approximate surface area is 124 Å². The molecule has 0 spiro atoms. The number of pyridine rings is 1. The molecule has 2 rings (SSSR count). The zero-order valence-corrected chi connectivity index (χ0v) is 12.6. The summed E-state index contributed by atoms with van der Waals surface area (Å²) in [5, 5.41) is 7.06. The molecule has 0 bridgehead atoms. The lowest BCUT2D eigenvalue weighted by atomic mass is 10.2. The molecule has 7 heteroatoms. The average Bonchev–Trinajstić information content (AvgIpc) is 2.78. The number of hydrogen-bond donors (Lipinski definition) is 1. The van der Waals surface area contributed by atoms with Crippen molar-refractivity contribution in [3.8, 4) is 0 Å². The Morgan fingerprint density at radius 3 is 3.00 bits per heavy atom. The first-order valence-electron chi connectivity index (χ1n) is 5.63. The first-order chi connectivity index (χ1) is 9.06. The predicted octanol–water partition coefficient (Wildman–Crippen LogP) is 2.20. The van der Waals surface area contributed by atoms with E-state index in [1.54, 1.807) is 23.1 Å². The monoisotopic (exact) mass is 342 g/mol. The van der Waals surface area contributed by atoms with Gasteiger partial charge in [-0.3, -0.25) is 9.48 Å². The van der Waals surface area contributed by atoms with Crippen molar-refractivity contribution in [1.82, 2.24) is 20.1 Å². The largest absolute Gasteiger partial charge is 0.352 e. The van der Waals surface area contributed by atoms with Crippen LogP contribution >= 0.6 is 27.5 Å². The van der Waals surface area contributed by atoms with Gasteiger partial charge in [0.2, 0.25) is 0 Å². The number of nitrogens with one attached hydrogen (secondary N) is 1. The fraction of sp³-hybridized carbons (Fsp3) is 0.250. The van der Waals surface area contributed by atoms with Crippen LogP contribution in [0.15, 0.2) is 29.1 Å². The van der Waals surface area contributed by atoms with Crippen molar-refractivity contribution in [2.24, 2.45) is 7.05 Å². The molecule has 1 amide bonds. The number of nitrogens with zero attached hydrogens (tertiary/aromatic N) is 3. The minimum absolute atomic E-state index is 0.196. The summed E-state index contributed by atoms with van der Waals surface area (Å²) in [6, 6.07) is 1.65. The topological polar surface area (TPSA) is 59.8 Å². The number of carbonyl (C=O) groups is 1. The lowest BCUT2D eigenvalue weighted by Crippen LogP contribution is -2.26. The Hall–Kier alpha value is -1.40. The molecule has 0 aliphatic rings. The third-order valence-corrected chi connectivity index (χ3v) is 3.24. The standard InChI is InChI=1S/C12H12BrClN4O/c1-18-7-8(5-17-18)2-3-15-12(19)10-4-9(13)6-16-11(10)14/h4-7H,2-3H2,1H3,(H,15,19). The number of aromatic nitrogens is 3. The van der Waals surface area contributed by atoms with Gasteiger partial charge in [-0.1, -0.05) is 11.6 Å². The Bertz CT molecular complexity index is 599. The van der Waals surface area contributed by atoms with Crippen LogP contribution < -0.4 is 5.32 Å². The van der Waals surface area contributed by atoms with Gasteiger partial charge in [-0.2, -0.15) is 5.10 Å². The number of aryl methyl sites for hydroxylation is 1. The highest BCUT2D eigenvalue weighted by molar-refractivity contribution is 9.10. The minimum atomic E-state index is -0.234. The maximum absolute atomic E-state index is 11.9. The van der Waals surface area contributed by atoms with E-state index in [1.807, 2.05) is 13.2 Å². The molecule has 0 aromatic carbocycles. The van der Waals surface area contributed by atoms with Crippen molar-refractivity contribution in [3.05, 3.63) is 45.4 Å². The van der Waals surface area contributed by atoms with Crippen molar-refractivity contribution >= 4 is 33.4 Å². The molecule has 2 aromatic rings. The zero-order chi connectivity index (χ0) is 13.8. The average molecular weight is 344 g/mol. The van der Waals surface area contributed by atoms with Crippen molar-refractivity contribution in [1.29, 1.82) is 0 Å². The molecule has 0 atom stereocenters. The van der Waals surface area contributed by atoms with Gasteiger partial charge in [0.1, 0.15) is 5.15 Å². The molecule has 2 heterocycles. The first-order valence-corrected chi connectivity index (χ1v) is 6.80. The quantitative estimate of drug-likeness (QED) is 0.866. The van der Waals surface area contributed by atoms with Crippen LogP contribution in [0, 0.1) is 0 Å². The summed E-state index contributed by atoms with van der Waals surface area (Å²) in [7, 11) is 1.86. The van der Waals surface area contributed by atoms with Crippen molar-refractivity contribution in [2.75, 3.05) is 6.54 Å². The van der Waals surface area contributed by atoms with Gasteiger partial charge in [0.25, 0.3) is 5.91 Å². The van der Waals surface area contributed by atoms with Crippen molar-refractivity contribution in [2.45, 2.75) is 6.42 Å². The van der Waals surface area contributed by atoms with Gasteiger partial charge in [0.15, 0.2) is 0 Å². The van der Waals surface area contributed by atoms with Gasteiger partial charge in [0, 0.05) is 30.5 Å². The number of carbonyl (C=O) groups excluding carboxylic acids is 1. The SMILES string of the molecule is Cn1cc(CCNC(=O)c2cc(Br)cnc2Cl)cn1. The fourth-order valence-electron chi connectivity index (χ4n) is 1.60. The van der Waals surface area contributed by atoms with Crippen LogP contribution in [0.5, 0.6) is 0 Å². The second-order valence-electron chi connectivity index (χ2n) is 4.02. The second kappa shape index (κ2) is 6.16. The van der Waals surface area contributed by atoms with Gasteiger partial charge in [-0.25, -0.2) is 4.98 Å². The highest BCUT2D eigenvalue weighted by Crippen LogP contribution is 2.17. The van der Waals surface area contributed by atoms with E-state index in [2.05, 4.69) is 31.3 Å². The molecule has 1 N–H and O–H groups in total. The second-order valence-corrected chi connectivity index (χ2v) is 5.29. The number of hydrogen-bond acceptors (Lipinski definition) is 3. The van der Waals surface area contributed by atoms with E-state index in [4.69, 9.17) is 11.6 Å². The molecule has 19 heavy (non-hydrogen) atoms. The highest BCUT2D eigenvalue weighted by atomic mass is 79.9. The molecule has 0 aliphatic carbocycles. The maximum Gasteiger partial charge on any atom is 0.254 e. The lowest BCUT2D eigenvalue weighted by molar-refractivity contribution is 0.0954. The first kappa shape index (κ1) is 14.0. The van der Waals surface area contributed by atoms with E-state index in [0.717, 1.165) is 12.0 Å². The van der Waals surface area contributed by atoms with Crippen LogP contribution in [0.2, 0.25) is 5.15 Å². The normalized spacial score (nSPS) is 10.5. The minimum Gasteiger partial charge on any atom is -0.352 e. The molecule has 100 valence electrons. The van der Waals surface area contributed by atoms with Crippen LogP contribution in [-0.4, -0.2) is 27.2 Å². The Balaban J connectivity index is 1.92. The zero-order valence-electron chi connectivity index (χ0n) is 10.2. The number of rotatable bonds is 4. The third-order valence-electron chi connectivity index (χ3n) is 2.51. The van der Waals surface area contributed by atoms with Gasteiger partial charge >= 0.3 is 0 Å². The molecule has 0 aliphatic heterocycles. The molecule has 0 saturated carbocycles. The summed E-state index contributed by atoms with van der Waals surface area (Å²) in [6.07, 6.45) is 5.97. The van der Waals surface area contributed by atoms with E-state index < -0.39 is 0 Å². The number of halogens is 2. The fourth-order valence-corrected chi connectivity index (χ4v) is 2.12. The van der Waals surface area contributed by atoms with Crippen LogP contribution in [0.25, 0.3) is 0 Å². The van der Waals surface area contributed by atoms with Crippen LogP contribution in [0.4, 0.5) is 0 Å². The van der Waals surface area contributed by atoms with E-state index in [0.29, 0.717) is 16.6 Å². The molecular weight excluding hydrogens is 332 g/mol. The maximum atomic E-state index is 11.9. The molecule has 0 radical (unpaired) electrons. The Morgan fingerprint density at radius 2 is 2.32 bits per heavy atom. The van der Waals surface area contributed by atoms with E-state index in [1.165, 1.54) is 0 Å². The van der Waals surface area contributed by atoms with Gasteiger partial charge in [0.05, 0.1) is 11.8 Å². The van der Waals surface area contributed by atoms with Crippen molar-refractivity contribution in [3.63, 3.8) is 0 Å². The summed E-state index contributed by atoms with van der Waals surface area (Å²) in [4.78, 5) is 15.8. The molecule has 0 fully saturated rings. The highest BCUT2D eigenvalue weighted by Gasteiger charge is 2.11. The van der Waals surface area contributed by atoms with Crippen LogP contribution in [0.3, 0.4) is 0 Å². The van der Waals surface area contributed by atoms with Crippen LogP contribution in [0.1, 0.15) is 15.9 Å². The predicted molar refractivity (Wildman–Crippen MR) is 76.2 cm³/mol.